The molecule has 2 aromatic carbocycles. The monoisotopic (exact) mass is 761 g/mol. The number of hydrogen-bond donors (Lipinski definition) is 4. The fraction of sp³-hybridized carbons (Fsp3) is 0.682. The van der Waals surface area contributed by atoms with Crippen molar-refractivity contribution < 1.29 is 24.3 Å². The Kier molecular flexibility index (Phi) is 11.5. The van der Waals surface area contributed by atoms with Crippen molar-refractivity contribution in [2.45, 2.75) is 104 Å². The second-order valence-electron chi connectivity index (χ2n) is 19.4. The SMILES string of the molecule is COc1c(CN2O[C@@H](CN)[C@@H]([C@H](C)O)[C@H]2C(=O)N[C@H]2C[C@H]3C[C@@H]([C@@H]2C)C3(C)C)cccc1-c1cc(C(=O)NC2(CN(C)C)CC2C(C)(C)C)cc(N(C)C)c1. The molecule has 0 aromatic heterocycles. The van der Waals surface area contributed by atoms with E-state index in [9.17, 15) is 14.7 Å². The van der Waals surface area contributed by atoms with Gasteiger partial charge in [0, 0.05) is 61.5 Å². The number of methoxy groups -OCH3 is 1. The number of benzene rings is 2. The molecule has 11 nitrogen and oxygen atoms in total. The van der Waals surface area contributed by atoms with Crippen LogP contribution in [0.5, 0.6) is 5.75 Å². The van der Waals surface area contributed by atoms with Crippen LogP contribution in [0.4, 0.5) is 5.69 Å². The average molecular weight is 761 g/mol. The van der Waals surface area contributed by atoms with Gasteiger partial charge in [-0.25, -0.2) is 0 Å². The van der Waals surface area contributed by atoms with Gasteiger partial charge in [0.05, 0.1) is 31.4 Å². The highest BCUT2D eigenvalue weighted by atomic mass is 16.7. The standard InChI is InChI=1S/C44H68N6O5/c1-25-33-19-30(43(33,6)7)20-34(25)46-41(53)38-37(26(2)51)35(22-45)55-50(38)23-27-14-13-15-32(39(27)54-12)28-16-29(18-31(17-28)49(10)11)40(52)47-44(24-48(8)9)21-36(44)42(3,4)5/h13-18,25-26,30,33-38,51H,19-24,45H2,1-12H3,(H,46,53)(H,47,52)/t25-,26-,30+,33-,34-,35-,36?,37+,38-,44?/m0/s1. The van der Waals surface area contributed by atoms with Crippen LogP contribution < -0.4 is 26.0 Å². The number of hydroxylamine groups is 2. The van der Waals surface area contributed by atoms with Crippen LogP contribution >= 0.6 is 0 Å². The number of nitrogens with zero attached hydrogens (tertiary/aromatic N) is 3. The van der Waals surface area contributed by atoms with E-state index in [2.05, 4.69) is 77.2 Å². The van der Waals surface area contributed by atoms with E-state index >= 15 is 0 Å². The summed E-state index contributed by atoms with van der Waals surface area (Å²) in [7, 11) is 9.69. The smallest absolute Gasteiger partial charge is 0.251 e. The van der Waals surface area contributed by atoms with Gasteiger partial charge in [-0.1, -0.05) is 59.7 Å². The Morgan fingerprint density at radius 1 is 1.13 bits per heavy atom. The molecule has 0 radical (unpaired) electrons. The van der Waals surface area contributed by atoms with Crippen LogP contribution in [0.15, 0.2) is 36.4 Å². The minimum atomic E-state index is -0.817. The topological polar surface area (TPSA) is 133 Å². The van der Waals surface area contributed by atoms with Gasteiger partial charge in [0.15, 0.2) is 0 Å². The number of likely N-dealkylation sites (N-methyl/N-ethyl adjacent to an activating group) is 1. The number of nitrogens with one attached hydrogen (secondary N) is 2. The fourth-order valence-corrected chi connectivity index (χ4v) is 10.7. The summed E-state index contributed by atoms with van der Waals surface area (Å²) in [6, 6.07) is 11.2. The number of carbonyl (C=O) groups excluding carboxylic acids is 2. The number of para-hydroxylation sites is 1. The predicted molar refractivity (Wildman–Crippen MR) is 219 cm³/mol. The highest BCUT2D eigenvalue weighted by molar-refractivity contribution is 5.98. The Bertz CT molecular complexity index is 1740. The maximum absolute atomic E-state index is 14.3. The number of hydrogen-bond acceptors (Lipinski definition) is 9. The predicted octanol–water partition coefficient (Wildman–Crippen LogP) is 5.15. The first-order valence-corrected chi connectivity index (χ1v) is 20.3. The molecule has 5 fully saturated rings. The lowest BCUT2D eigenvalue weighted by Gasteiger charge is -2.62. The lowest BCUT2D eigenvalue weighted by molar-refractivity contribution is -0.175. The Labute approximate surface area is 329 Å². The third-order valence-corrected chi connectivity index (χ3v) is 13.8. The Hall–Kier alpha value is -3.22. The maximum Gasteiger partial charge on any atom is 0.251 e. The summed E-state index contributed by atoms with van der Waals surface area (Å²) in [6.45, 7) is 16.6. The summed E-state index contributed by atoms with van der Waals surface area (Å²) in [5.74, 6) is 1.78. The molecule has 0 spiro atoms. The number of nitrogens with two attached hydrogens (primary N) is 1. The van der Waals surface area contributed by atoms with Gasteiger partial charge in [0.1, 0.15) is 11.8 Å². The van der Waals surface area contributed by atoms with Crippen molar-refractivity contribution >= 4 is 17.5 Å². The number of ether oxygens (including phenoxy) is 1. The lowest BCUT2D eigenvalue weighted by Crippen LogP contribution is -2.62. The molecule has 304 valence electrons. The van der Waals surface area contributed by atoms with Crippen molar-refractivity contribution in [3.8, 4) is 16.9 Å². The highest BCUT2D eigenvalue weighted by Gasteiger charge is 2.60. The number of fused-ring (bicyclic) bond motifs is 2. The minimum absolute atomic E-state index is 0.0671. The Morgan fingerprint density at radius 2 is 1.84 bits per heavy atom. The molecule has 7 rings (SSSR count). The molecule has 4 aliphatic carbocycles. The van der Waals surface area contributed by atoms with Gasteiger partial charge in [0.2, 0.25) is 5.91 Å². The molecule has 5 N–H and O–H groups in total. The van der Waals surface area contributed by atoms with Gasteiger partial charge in [0.25, 0.3) is 5.91 Å². The zero-order valence-electron chi connectivity index (χ0n) is 35.4. The molecule has 2 unspecified atom stereocenters. The number of amides is 2. The number of anilines is 1. The van der Waals surface area contributed by atoms with E-state index in [4.69, 9.17) is 15.3 Å². The summed E-state index contributed by atoms with van der Waals surface area (Å²) in [4.78, 5) is 39.1. The normalized spacial score (nSPS) is 31.8. The molecule has 2 bridgehead atoms. The third-order valence-electron chi connectivity index (χ3n) is 13.8. The van der Waals surface area contributed by atoms with E-state index in [1.807, 2.05) is 49.3 Å². The van der Waals surface area contributed by atoms with E-state index in [-0.39, 0.29) is 41.9 Å². The number of aliphatic hydroxyl groups excluding tert-OH is 1. The molecule has 10 atom stereocenters. The minimum Gasteiger partial charge on any atom is -0.496 e. The zero-order valence-corrected chi connectivity index (χ0v) is 35.4. The van der Waals surface area contributed by atoms with Gasteiger partial charge >= 0.3 is 0 Å². The summed E-state index contributed by atoms with van der Waals surface area (Å²) < 4.78 is 6.15. The molecular weight excluding hydrogens is 693 g/mol. The van der Waals surface area contributed by atoms with Crippen molar-refractivity contribution in [3.63, 3.8) is 0 Å². The van der Waals surface area contributed by atoms with Gasteiger partial charge in [-0.15, -0.1) is 0 Å². The van der Waals surface area contributed by atoms with Crippen LogP contribution in [0.25, 0.3) is 11.1 Å². The first-order valence-electron chi connectivity index (χ1n) is 20.3. The summed E-state index contributed by atoms with van der Waals surface area (Å²) >= 11 is 0. The van der Waals surface area contributed by atoms with Gasteiger partial charge in [-0.2, -0.15) is 5.06 Å². The van der Waals surface area contributed by atoms with E-state index in [1.165, 1.54) is 6.42 Å². The fourth-order valence-electron chi connectivity index (χ4n) is 10.7. The van der Waals surface area contributed by atoms with E-state index in [0.29, 0.717) is 40.4 Å². The largest absolute Gasteiger partial charge is 0.496 e. The van der Waals surface area contributed by atoms with Crippen molar-refractivity contribution in [2.24, 2.45) is 46.2 Å². The van der Waals surface area contributed by atoms with Crippen LogP contribution in [0, 0.1) is 40.4 Å². The summed E-state index contributed by atoms with van der Waals surface area (Å²) in [5, 5.41) is 19.6. The van der Waals surface area contributed by atoms with Gasteiger partial charge in [-0.3, -0.25) is 14.4 Å². The van der Waals surface area contributed by atoms with Crippen LogP contribution in [0.1, 0.15) is 83.7 Å². The quantitative estimate of drug-likeness (QED) is 0.219. The van der Waals surface area contributed by atoms with Crippen LogP contribution in [-0.2, 0) is 16.2 Å². The van der Waals surface area contributed by atoms with Crippen molar-refractivity contribution in [3.05, 3.63) is 47.5 Å². The van der Waals surface area contributed by atoms with E-state index in [0.717, 1.165) is 41.8 Å². The Morgan fingerprint density at radius 3 is 2.38 bits per heavy atom. The molecule has 11 heteroatoms. The zero-order chi connectivity index (χ0) is 40.4. The van der Waals surface area contributed by atoms with Crippen molar-refractivity contribution in [1.82, 2.24) is 20.6 Å². The van der Waals surface area contributed by atoms with Crippen LogP contribution in [0.2, 0.25) is 0 Å². The lowest BCUT2D eigenvalue weighted by atomic mass is 9.45. The van der Waals surface area contributed by atoms with Crippen LogP contribution in [0.3, 0.4) is 0 Å². The van der Waals surface area contributed by atoms with Gasteiger partial charge in [-0.05, 0) is 98.5 Å². The average Bonchev–Trinajstić information content (AvgIpc) is 3.69. The highest BCUT2D eigenvalue weighted by Crippen LogP contribution is 2.61. The molecule has 1 aliphatic heterocycles. The molecule has 2 amide bonds. The molecule has 2 aromatic rings. The molecule has 1 saturated heterocycles. The summed E-state index contributed by atoms with van der Waals surface area (Å²) in [6.07, 6.45) is 1.77. The first-order chi connectivity index (χ1) is 25.7. The molecule has 1 heterocycles. The Balaban J connectivity index is 1.30. The second kappa shape index (κ2) is 15.3. The van der Waals surface area contributed by atoms with Crippen LogP contribution in [-0.4, -0.2) is 105 Å². The van der Waals surface area contributed by atoms with E-state index in [1.54, 1.807) is 19.1 Å². The molecule has 4 saturated carbocycles. The molecular formula is C44H68N6O5. The van der Waals surface area contributed by atoms with Gasteiger partial charge < -0.3 is 36.0 Å². The first kappa shape index (κ1) is 41.4. The van der Waals surface area contributed by atoms with Crippen molar-refractivity contribution in [1.29, 1.82) is 0 Å². The molecule has 5 aliphatic rings. The number of aliphatic hydroxyl groups is 1. The number of rotatable bonds is 13. The number of carbonyl (C=O) groups is 2. The van der Waals surface area contributed by atoms with E-state index < -0.39 is 24.2 Å². The van der Waals surface area contributed by atoms with Crippen molar-refractivity contribution in [2.75, 3.05) is 53.3 Å². The third kappa shape index (κ3) is 7.89. The molecule has 55 heavy (non-hydrogen) atoms. The maximum atomic E-state index is 14.3. The summed E-state index contributed by atoms with van der Waals surface area (Å²) in [5.41, 5.74) is 10.2. The second-order valence-corrected chi connectivity index (χ2v) is 19.4.